The van der Waals surface area contributed by atoms with Crippen molar-refractivity contribution >= 4 is 0 Å². The molecule has 0 bridgehead atoms. The summed E-state index contributed by atoms with van der Waals surface area (Å²) in [5.41, 5.74) is 0. The maximum absolute atomic E-state index is 3.50. The predicted molar refractivity (Wildman–Crippen MR) is 60.8 cm³/mol. The second-order valence-electron chi connectivity index (χ2n) is 1.79. The average Bonchev–Trinajstić information content (AvgIpc) is 1.92. The Hall–Kier alpha value is 0.463. The van der Waals surface area contributed by atoms with E-state index in [1.807, 2.05) is 0 Å². The first-order chi connectivity index (χ1) is 5.66. The molecule has 0 aliphatic rings. The monoisotopic (exact) mass is 240 g/mol. The van der Waals surface area contributed by atoms with E-state index in [2.05, 4.69) is 21.3 Å². The zero-order chi connectivity index (χ0) is 10.8. The molecule has 0 saturated carbocycles. The fraction of sp³-hybridized carbons (Fsp3) is 1.00. The Balaban J connectivity index is -0.0000000213. The normalized spacial score (nSPS) is 5.54. The van der Waals surface area contributed by atoms with E-state index in [0.29, 0.717) is 0 Å². The molecule has 0 fully saturated rings. The molecular formula is C8H24N4Zn-4. The van der Waals surface area contributed by atoms with Gasteiger partial charge in [0.1, 0.15) is 0 Å². The van der Waals surface area contributed by atoms with Crippen LogP contribution in [0, 0.1) is 0 Å². The third kappa shape index (κ3) is 6350. The maximum Gasteiger partial charge on any atom is 0 e. The van der Waals surface area contributed by atoms with Crippen LogP contribution in [0.3, 0.4) is 0 Å². The van der Waals surface area contributed by atoms with Crippen LogP contribution in [0.15, 0.2) is 0 Å². The molecule has 4 nitrogen and oxygen atoms in total. The van der Waals surface area contributed by atoms with Crippen LogP contribution >= 0.6 is 0 Å². The van der Waals surface area contributed by atoms with E-state index in [9.17, 15) is 0 Å². The Bertz CT molecular complexity index is 24.1. The van der Waals surface area contributed by atoms with Gasteiger partial charge in [-0.15, -0.1) is 0 Å². The Morgan fingerprint density at radius 1 is 0.385 bits per heavy atom. The fourth-order valence-corrected chi connectivity index (χ4v) is 0. The van der Waals surface area contributed by atoms with Crippen molar-refractivity contribution in [1.29, 1.82) is 0 Å². The minimum Gasteiger partial charge on any atom is -0.668 e. The largest absolute Gasteiger partial charge is 0.668 e. The molecule has 0 unspecified atom stereocenters. The smallest absolute Gasteiger partial charge is 0 e. The zero-order valence-corrected chi connectivity index (χ0v) is 13.5. The van der Waals surface area contributed by atoms with Gasteiger partial charge in [-0.1, -0.05) is 0 Å². The molecule has 0 rings (SSSR count). The van der Waals surface area contributed by atoms with Gasteiger partial charge in [-0.3, -0.25) is 0 Å². The molecule has 0 N–H and O–H groups in total. The third-order valence-electron chi connectivity index (χ3n) is 0. The van der Waals surface area contributed by atoms with Crippen LogP contribution in [0.4, 0.5) is 0 Å². The second kappa shape index (κ2) is 82.2. The average molecular weight is 242 g/mol. The molecule has 0 radical (unpaired) electrons. The minimum atomic E-state index is 0. The predicted octanol–water partition coefficient (Wildman–Crippen LogP) is 2.48. The summed E-state index contributed by atoms with van der Waals surface area (Å²) in [6, 6.07) is 0. The summed E-state index contributed by atoms with van der Waals surface area (Å²) in [4.78, 5) is 0. The van der Waals surface area contributed by atoms with E-state index in [-0.39, 0.29) is 19.5 Å². The molecule has 0 spiro atoms. The molecule has 0 aliphatic heterocycles. The summed E-state index contributed by atoms with van der Waals surface area (Å²) in [6.45, 7) is 0. The summed E-state index contributed by atoms with van der Waals surface area (Å²) >= 11 is 0. The van der Waals surface area contributed by atoms with Gasteiger partial charge >= 0.3 is 0 Å². The first kappa shape index (κ1) is 29.2. The molecule has 0 heterocycles. The Kier molecular flexibility index (Phi) is 185. The second-order valence-corrected chi connectivity index (χ2v) is 1.79. The van der Waals surface area contributed by atoms with Crippen molar-refractivity contribution in [3.63, 3.8) is 0 Å². The van der Waals surface area contributed by atoms with Crippen LogP contribution in [-0.4, -0.2) is 56.4 Å². The Morgan fingerprint density at radius 3 is 0.385 bits per heavy atom. The fourth-order valence-electron chi connectivity index (χ4n) is 0. The Morgan fingerprint density at radius 2 is 0.385 bits per heavy atom. The summed E-state index contributed by atoms with van der Waals surface area (Å²) < 4.78 is 0. The number of nitrogens with zero attached hydrogens (tertiary/aromatic N) is 4. The molecule has 0 atom stereocenters. The summed E-state index contributed by atoms with van der Waals surface area (Å²) in [5.74, 6) is 0. The summed E-state index contributed by atoms with van der Waals surface area (Å²) in [7, 11) is 14.0. The first-order valence-electron chi connectivity index (χ1n) is 3.58. The maximum atomic E-state index is 3.50. The van der Waals surface area contributed by atoms with E-state index in [1.165, 1.54) is 0 Å². The Labute approximate surface area is 97.4 Å². The van der Waals surface area contributed by atoms with E-state index >= 15 is 0 Å². The van der Waals surface area contributed by atoms with Gasteiger partial charge < -0.3 is 21.3 Å². The number of hydrogen-bond acceptors (Lipinski definition) is 0. The van der Waals surface area contributed by atoms with Crippen molar-refractivity contribution in [3.8, 4) is 0 Å². The summed E-state index contributed by atoms with van der Waals surface area (Å²) in [5, 5.41) is 14.0. The molecular weight excluding hydrogens is 218 g/mol. The summed E-state index contributed by atoms with van der Waals surface area (Å²) in [6.07, 6.45) is 0. The zero-order valence-electron chi connectivity index (χ0n) is 10.5. The molecule has 0 aromatic heterocycles. The van der Waals surface area contributed by atoms with Crippen LogP contribution in [0.25, 0.3) is 21.3 Å². The van der Waals surface area contributed by atoms with Gasteiger partial charge in [0, 0.05) is 19.5 Å². The van der Waals surface area contributed by atoms with E-state index < -0.39 is 0 Å². The molecule has 0 aliphatic carbocycles. The standard InChI is InChI=1S/4C2H6N.Zn/c4*1-3-2;/h4*1-2H3;/q4*-1;. The first-order valence-corrected chi connectivity index (χ1v) is 3.58. The SMILES string of the molecule is C[N-]C.C[N-]C.C[N-]C.C[N-]C.[Zn]. The van der Waals surface area contributed by atoms with Crippen molar-refractivity contribution in [1.82, 2.24) is 0 Å². The van der Waals surface area contributed by atoms with E-state index in [1.54, 1.807) is 56.4 Å². The molecule has 82 valence electrons. The molecule has 0 aromatic carbocycles. The van der Waals surface area contributed by atoms with Gasteiger partial charge in [-0.2, -0.15) is 56.4 Å². The van der Waals surface area contributed by atoms with E-state index in [0.717, 1.165) is 0 Å². The molecule has 13 heavy (non-hydrogen) atoms. The van der Waals surface area contributed by atoms with Crippen LogP contribution in [0.5, 0.6) is 0 Å². The van der Waals surface area contributed by atoms with Gasteiger partial charge in [0.15, 0.2) is 0 Å². The van der Waals surface area contributed by atoms with Gasteiger partial charge in [0.2, 0.25) is 0 Å². The van der Waals surface area contributed by atoms with Crippen molar-refractivity contribution in [2.45, 2.75) is 0 Å². The van der Waals surface area contributed by atoms with Crippen molar-refractivity contribution in [2.75, 3.05) is 56.4 Å². The minimum absolute atomic E-state index is 0. The molecule has 5 heteroatoms. The molecule has 0 amide bonds. The number of hydrogen-bond donors (Lipinski definition) is 0. The van der Waals surface area contributed by atoms with Crippen molar-refractivity contribution < 1.29 is 19.5 Å². The van der Waals surface area contributed by atoms with Crippen LogP contribution in [0.1, 0.15) is 0 Å². The van der Waals surface area contributed by atoms with Crippen LogP contribution < -0.4 is 0 Å². The van der Waals surface area contributed by atoms with Crippen LogP contribution in [0.2, 0.25) is 0 Å². The molecule has 0 aromatic rings. The van der Waals surface area contributed by atoms with Gasteiger partial charge in [0.05, 0.1) is 0 Å². The quantitative estimate of drug-likeness (QED) is 0.585. The molecule has 0 saturated heterocycles. The van der Waals surface area contributed by atoms with Crippen molar-refractivity contribution in [2.24, 2.45) is 0 Å². The third-order valence-corrected chi connectivity index (χ3v) is 0. The van der Waals surface area contributed by atoms with Crippen LogP contribution in [-0.2, 0) is 19.5 Å². The van der Waals surface area contributed by atoms with Gasteiger partial charge in [0.25, 0.3) is 0 Å². The van der Waals surface area contributed by atoms with Gasteiger partial charge in [-0.25, -0.2) is 0 Å². The van der Waals surface area contributed by atoms with Gasteiger partial charge in [-0.05, 0) is 0 Å². The van der Waals surface area contributed by atoms with Crippen molar-refractivity contribution in [3.05, 3.63) is 21.3 Å². The number of rotatable bonds is 0. The van der Waals surface area contributed by atoms with E-state index in [4.69, 9.17) is 0 Å². The topological polar surface area (TPSA) is 56.4 Å².